The molecule has 0 saturated carbocycles. The number of likely N-dealkylation sites (tertiary alicyclic amines) is 1. The third-order valence-corrected chi connectivity index (χ3v) is 4.98. The van der Waals surface area contributed by atoms with E-state index in [9.17, 15) is 4.79 Å². The smallest absolute Gasteiger partial charge is 0.298 e. The quantitative estimate of drug-likeness (QED) is 0.855. The Morgan fingerprint density at radius 3 is 2.77 bits per heavy atom. The van der Waals surface area contributed by atoms with Crippen molar-refractivity contribution in [3.63, 3.8) is 0 Å². The fourth-order valence-electron chi connectivity index (χ4n) is 4.00. The Morgan fingerprint density at radius 2 is 1.95 bits per heavy atom. The van der Waals surface area contributed by atoms with Crippen molar-refractivity contribution in [2.24, 2.45) is 0 Å². The summed E-state index contributed by atoms with van der Waals surface area (Å²) in [6.45, 7) is 3.52. The molecule has 2 aliphatic heterocycles. The number of nitrogens with zero attached hydrogens (tertiary/aromatic N) is 3. The van der Waals surface area contributed by atoms with Crippen molar-refractivity contribution in [2.45, 2.75) is 44.7 Å². The topological polar surface area (TPSA) is 49.6 Å². The summed E-state index contributed by atoms with van der Waals surface area (Å²) in [5.41, 5.74) is 1.73. The summed E-state index contributed by atoms with van der Waals surface area (Å²) in [5.74, 6) is 0.187. The largest absolute Gasteiger partial charge is 0.423 e. The molecule has 0 bridgehead atoms. The van der Waals surface area contributed by atoms with Gasteiger partial charge in [-0.15, -0.1) is 0 Å². The SMILES string of the molecule is CC(=O)N1CCCC1C1CCCN1c1nc2ccccc2o1. The molecular formula is C17H21N3O2. The van der Waals surface area contributed by atoms with Gasteiger partial charge < -0.3 is 14.2 Å². The van der Waals surface area contributed by atoms with Crippen LogP contribution in [0.15, 0.2) is 28.7 Å². The second-order valence-corrected chi connectivity index (χ2v) is 6.29. The second kappa shape index (κ2) is 5.30. The van der Waals surface area contributed by atoms with Gasteiger partial charge in [0, 0.05) is 20.0 Å². The van der Waals surface area contributed by atoms with Gasteiger partial charge in [-0.2, -0.15) is 4.98 Å². The molecule has 0 spiro atoms. The number of hydrogen-bond donors (Lipinski definition) is 0. The molecule has 2 atom stereocenters. The highest BCUT2D eigenvalue weighted by Gasteiger charge is 2.40. The first kappa shape index (κ1) is 13.6. The Balaban J connectivity index is 1.64. The zero-order valence-electron chi connectivity index (χ0n) is 12.9. The van der Waals surface area contributed by atoms with Gasteiger partial charge >= 0.3 is 0 Å². The van der Waals surface area contributed by atoms with Gasteiger partial charge in [0.25, 0.3) is 6.01 Å². The maximum absolute atomic E-state index is 11.9. The Bertz CT molecular complexity index is 663. The number of para-hydroxylation sites is 2. The van der Waals surface area contributed by atoms with Crippen molar-refractivity contribution in [3.8, 4) is 0 Å². The van der Waals surface area contributed by atoms with Gasteiger partial charge in [0.2, 0.25) is 5.91 Å². The standard InChI is InChI=1S/C17H21N3O2/c1-12(21)19-10-4-7-14(19)15-8-5-11-20(15)17-18-13-6-2-3-9-16(13)22-17/h2-3,6,9,14-15H,4-5,7-8,10-11H2,1H3. The lowest BCUT2D eigenvalue weighted by Crippen LogP contribution is -2.47. The molecule has 2 fully saturated rings. The Labute approximate surface area is 129 Å². The predicted octanol–water partition coefficient (Wildman–Crippen LogP) is 2.81. The summed E-state index contributed by atoms with van der Waals surface area (Å²) in [7, 11) is 0. The first-order valence-corrected chi connectivity index (χ1v) is 8.13. The molecule has 4 rings (SSSR count). The van der Waals surface area contributed by atoms with Gasteiger partial charge in [-0.05, 0) is 37.8 Å². The molecule has 0 aliphatic carbocycles. The van der Waals surface area contributed by atoms with Crippen LogP contribution in [0.4, 0.5) is 6.01 Å². The van der Waals surface area contributed by atoms with Gasteiger partial charge in [-0.3, -0.25) is 4.79 Å². The average Bonchev–Trinajstić information content (AvgIpc) is 3.24. The molecule has 2 aromatic rings. The van der Waals surface area contributed by atoms with Gasteiger partial charge in [0.15, 0.2) is 5.58 Å². The second-order valence-electron chi connectivity index (χ2n) is 6.29. The van der Waals surface area contributed by atoms with E-state index in [1.54, 1.807) is 6.92 Å². The van der Waals surface area contributed by atoms with Crippen molar-refractivity contribution in [1.82, 2.24) is 9.88 Å². The molecule has 2 aliphatic rings. The average molecular weight is 299 g/mol. The lowest BCUT2D eigenvalue weighted by Gasteiger charge is -2.33. The van der Waals surface area contributed by atoms with E-state index in [4.69, 9.17) is 4.42 Å². The van der Waals surface area contributed by atoms with Crippen molar-refractivity contribution < 1.29 is 9.21 Å². The third kappa shape index (κ3) is 2.16. The van der Waals surface area contributed by atoms with Crippen LogP contribution < -0.4 is 4.90 Å². The van der Waals surface area contributed by atoms with E-state index in [-0.39, 0.29) is 5.91 Å². The van der Waals surface area contributed by atoms with Gasteiger partial charge in [0.1, 0.15) is 5.52 Å². The Kier molecular flexibility index (Phi) is 3.28. The van der Waals surface area contributed by atoms with Gasteiger partial charge in [-0.25, -0.2) is 0 Å². The number of carbonyl (C=O) groups is 1. The van der Waals surface area contributed by atoms with Crippen molar-refractivity contribution in [3.05, 3.63) is 24.3 Å². The molecule has 1 aromatic heterocycles. The monoisotopic (exact) mass is 299 g/mol. The van der Waals surface area contributed by atoms with Crippen LogP contribution in [0.3, 0.4) is 0 Å². The van der Waals surface area contributed by atoms with Crippen LogP contribution in [-0.4, -0.2) is 41.0 Å². The summed E-state index contributed by atoms with van der Waals surface area (Å²) >= 11 is 0. The zero-order valence-corrected chi connectivity index (χ0v) is 12.9. The van der Waals surface area contributed by atoms with Crippen molar-refractivity contribution in [2.75, 3.05) is 18.0 Å². The third-order valence-electron chi connectivity index (χ3n) is 4.98. The minimum Gasteiger partial charge on any atom is -0.423 e. The maximum Gasteiger partial charge on any atom is 0.298 e. The molecule has 3 heterocycles. The van der Waals surface area contributed by atoms with Crippen molar-refractivity contribution in [1.29, 1.82) is 0 Å². The first-order valence-electron chi connectivity index (χ1n) is 8.13. The summed E-state index contributed by atoms with van der Waals surface area (Å²) < 4.78 is 5.95. The van der Waals surface area contributed by atoms with E-state index < -0.39 is 0 Å². The number of fused-ring (bicyclic) bond motifs is 1. The number of anilines is 1. The summed E-state index contributed by atoms with van der Waals surface area (Å²) in [6, 6.07) is 9.21. The zero-order chi connectivity index (χ0) is 15.1. The van der Waals surface area contributed by atoms with Crippen LogP contribution in [0.2, 0.25) is 0 Å². The van der Waals surface area contributed by atoms with Crippen LogP contribution in [-0.2, 0) is 4.79 Å². The summed E-state index contributed by atoms with van der Waals surface area (Å²) in [4.78, 5) is 20.8. The van der Waals surface area contributed by atoms with E-state index in [0.717, 1.165) is 49.9 Å². The molecular weight excluding hydrogens is 278 g/mol. The van der Waals surface area contributed by atoms with E-state index in [2.05, 4.69) is 9.88 Å². The Hall–Kier alpha value is -2.04. The number of amides is 1. The highest BCUT2D eigenvalue weighted by molar-refractivity contribution is 5.75. The minimum atomic E-state index is 0.187. The number of carbonyl (C=O) groups excluding carboxylic acids is 1. The molecule has 1 amide bonds. The van der Waals surface area contributed by atoms with E-state index in [0.29, 0.717) is 18.1 Å². The maximum atomic E-state index is 11.9. The summed E-state index contributed by atoms with van der Waals surface area (Å²) in [5, 5.41) is 0. The lowest BCUT2D eigenvalue weighted by molar-refractivity contribution is -0.129. The van der Waals surface area contributed by atoms with E-state index in [1.807, 2.05) is 29.2 Å². The molecule has 5 heteroatoms. The van der Waals surface area contributed by atoms with Crippen LogP contribution in [0.5, 0.6) is 0 Å². The highest BCUT2D eigenvalue weighted by Crippen LogP contribution is 2.34. The molecule has 2 saturated heterocycles. The van der Waals surface area contributed by atoms with Crippen LogP contribution >= 0.6 is 0 Å². The fourth-order valence-corrected chi connectivity index (χ4v) is 4.00. The van der Waals surface area contributed by atoms with E-state index in [1.165, 1.54) is 0 Å². The van der Waals surface area contributed by atoms with Crippen LogP contribution in [0.25, 0.3) is 11.1 Å². The van der Waals surface area contributed by atoms with Crippen LogP contribution in [0.1, 0.15) is 32.6 Å². The Morgan fingerprint density at radius 1 is 1.18 bits per heavy atom. The van der Waals surface area contributed by atoms with Gasteiger partial charge in [0.05, 0.1) is 12.1 Å². The molecule has 1 aromatic carbocycles. The number of aromatic nitrogens is 1. The molecule has 2 unspecified atom stereocenters. The van der Waals surface area contributed by atoms with Crippen LogP contribution in [0, 0.1) is 0 Å². The number of benzene rings is 1. The number of oxazole rings is 1. The highest BCUT2D eigenvalue weighted by atomic mass is 16.4. The number of hydrogen-bond acceptors (Lipinski definition) is 4. The number of rotatable bonds is 2. The molecule has 116 valence electrons. The first-order chi connectivity index (χ1) is 10.7. The lowest BCUT2D eigenvalue weighted by atomic mass is 10.0. The minimum absolute atomic E-state index is 0.187. The molecule has 0 radical (unpaired) electrons. The normalized spacial score (nSPS) is 25.3. The van der Waals surface area contributed by atoms with E-state index >= 15 is 0 Å². The molecule has 22 heavy (non-hydrogen) atoms. The molecule has 5 nitrogen and oxygen atoms in total. The van der Waals surface area contributed by atoms with Gasteiger partial charge in [-0.1, -0.05) is 12.1 Å². The fraction of sp³-hybridized carbons (Fsp3) is 0.529. The van der Waals surface area contributed by atoms with Crippen molar-refractivity contribution >= 4 is 23.0 Å². The molecule has 0 N–H and O–H groups in total. The predicted molar refractivity (Wildman–Crippen MR) is 84.8 cm³/mol. The summed E-state index contributed by atoms with van der Waals surface area (Å²) in [6.07, 6.45) is 4.42.